The first-order valence-electron chi connectivity index (χ1n) is 51.8. The fourth-order valence-corrected chi connectivity index (χ4v) is 24.3. The molecular weight excluding hydrogens is 1980 g/mol. The summed E-state index contributed by atoms with van der Waals surface area (Å²) in [7, 11) is 4.07. The minimum atomic E-state index is -2.63. The SMILES string of the molecule is COc1cc2c(cc1OCCCCCC(=O)N1C[C@@H](CCl)c3c1cc(O)c1ccccc31)N(C(C)C)C(O)[C@@H]1CCCN1C2=O.COc1cc2c(cc1OCCCCCC(=O)N1C[C@@H](CCl)c3c1cc(OC(=O)N1CCN(C)CC1)c1ccccc31)N(C(C)C)C(O)[C@@H]1CCCN1C2=O.COc1cc2c(cc1OCCCCCC(=O)N1C[C@@H](CCl)c3c1cc(OP(O)O)c1ccccc31)N(C(C)C)C(O)[C@@H]1CCCN1C2=O.O. The standard InChI is InChI=1S/C41H52ClN5O7.C35H43ClN3O8P.C35H42ClN3O6.H2O/c1-26(2)47-32-22-36(35(52-4)21-30(32)39(49)45-15-10-13-31(45)40(47)50)53-20-9-5-6-14-37(48)46-25-27(24-42)38-29-12-8-7-11-28(29)34(23-33(38)46)54-41(51)44-18-16-43(3)17-19-44;1-21(2)39-27-17-31(30(45-3)16-25(27)34(41)37-14-9-12-26(37)35(39)42)46-15-8-4-5-13-32(40)38-20-22(19-36)33-24-11-7-6-10-23(24)29(18-28(33)38)47-48(43)44;1-21(2)39-27-18-31(30(44-3)16-25(27)34(42)37-14-9-12-26(37)35(39)43)45-15-8-4-5-13-32(41)38-20-22(19-36)33-24-11-7-6-10-23(24)29(40)17-28(33)38;/h7-8,11-12,21-23,26-27,31,40,50H,5-6,9-10,13-20,24-25H2,1-4H3;6-7,10-11,16-18,21-22,26,35,42-44H,4-5,8-9,12-15,19-20H2,1-3H3;6-7,10-11,16-18,21-22,26,35,40,43H,4-5,8-9,12-15,19-20H2,1-3H3;1H2/t27-,31+,40?;2*22-,26+,35?;/m111./s1. The predicted molar refractivity (Wildman–Crippen MR) is 576 cm³/mol. The number of aliphatic hydroxyl groups excluding tert-OH is 3. The summed E-state index contributed by atoms with van der Waals surface area (Å²) >= 11 is 19.2. The molecule has 37 heteroatoms. The number of ether oxygens (including phenoxy) is 7. The van der Waals surface area contributed by atoms with Gasteiger partial charge >= 0.3 is 14.7 Å². The zero-order valence-corrected chi connectivity index (χ0v) is 89.1. The maximum absolute atomic E-state index is 13.8. The fourth-order valence-electron chi connectivity index (χ4n) is 23.2. The smallest absolute Gasteiger partial charge is 0.415 e. The third-order valence-corrected chi connectivity index (χ3v) is 32.0. The number of amides is 7. The lowest BCUT2D eigenvalue weighted by Gasteiger charge is -2.36. The Labute approximate surface area is 880 Å². The van der Waals surface area contributed by atoms with Crippen molar-refractivity contribution in [1.82, 2.24) is 24.5 Å². The predicted octanol–water partition coefficient (Wildman–Crippen LogP) is 17.1. The number of rotatable bonds is 33. The topological polar surface area (TPSA) is 382 Å². The summed E-state index contributed by atoms with van der Waals surface area (Å²) in [5, 5.41) is 49.8. The van der Waals surface area contributed by atoms with Gasteiger partial charge in [0.15, 0.2) is 34.5 Å². The van der Waals surface area contributed by atoms with Crippen molar-refractivity contribution in [3.8, 4) is 51.7 Å². The van der Waals surface area contributed by atoms with E-state index >= 15 is 0 Å². The molecule has 0 bridgehead atoms. The number of hydrogen-bond acceptors (Lipinski definition) is 25. The number of aromatic hydroxyl groups is 1. The van der Waals surface area contributed by atoms with Crippen LogP contribution in [0.25, 0.3) is 32.3 Å². The molecule has 9 atom stereocenters. The molecule has 3 unspecified atom stereocenters. The largest absolute Gasteiger partial charge is 0.507 e. The number of anilines is 6. The van der Waals surface area contributed by atoms with Crippen LogP contribution in [0.5, 0.6) is 51.7 Å². The third-order valence-electron chi connectivity index (χ3n) is 30.5. The average Bonchev–Trinajstić information content (AvgIpc) is 1.56. The monoisotopic (exact) mass is 2110 g/mol. The highest BCUT2D eigenvalue weighted by atomic mass is 35.5. The molecule has 33 nitrogen and oxygen atoms in total. The molecule has 4 saturated heterocycles. The van der Waals surface area contributed by atoms with Crippen molar-refractivity contribution in [3.63, 3.8) is 0 Å². The van der Waals surface area contributed by atoms with Gasteiger partial charge in [0.25, 0.3) is 17.7 Å². The van der Waals surface area contributed by atoms with Crippen LogP contribution in [0.15, 0.2) is 127 Å². The van der Waals surface area contributed by atoms with Gasteiger partial charge in [0.2, 0.25) is 17.7 Å². The minimum absolute atomic E-state index is 0. The Hall–Kier alpha value is -11.3. The van der Waals surface area contributed by atoms with E-state index in [-0.39, 0.29) is 107 Å². The van der Waals surface area contributed by atoms with Crippen molar-refractivity contribution in [2.75, 3.05) is 161 Å². The second-order valence-electron chi connectivity index (χ2n) is 40.6. The van der Waals surface area contributed by atoms with Crippen molar-refractivity contribution in [1.29, 1.82) is 0 Å². The van der Waals surface area contributed by atoms with E-state index in [4.69, 9.17) is 72.5 Å². The highest BCUT2D eigenvalue weighted by Crippen LogP contribution is 2.53. The summed E-state index contributed by atoms with van der Waals surface area (Å²) in [4.78, 5) is 134. The number of carbonyl (C=O) groups excluding carboxylic acids is 7. The van der Waals surface area contributed by atoms with Gasteiger partial charge in [-0.05, 0) is 196 Å². The first-order chi connectivity index (χ1) is 71.0. The first kappa shape index (κ1) is 109. The van der Waals surface area contributed by atoms with Gasteiger partial charge in [0, 0.05) is 191 Å². The average molecular weight is 2120 g/mol. The van der Waals surface area contributed by atoms with Crippen LogP contribution >= 0.6 is 43.4 Å². The highest BCUT2D eigenvalue weighted by Gasteiger charge is 2.49. The number of halogens is 3. The number of methoxy groups -OCH3 is 3. The van der Waals surface area contributed by atoms with Gasteiger partial charge in [-0.1, -0.05) is 72.8 Å². The lowest BCUT2D eigenvalue weighted by Crippen LogP contribution is -2.50. The van der Waals surface area contributed by atoms with Crippen molar-refractivity contribution in [2.24, 2.45) is 0 Å². The van der Waals surface area contributed by atoms with Crippen molar-refractivity contribution in [2.45, 2.75) is 230 Å². The van der Waals surface area contributed by atoms with Crippen LogP contribution in [0.4, 0.5) is 38.9 Å². The fraction of sp³-hybridized carbons (Fsp3) is 0.505. The van der Waals surface area contributed by atoms with Crippen molar-refractivity contribution >= 4 is 151 Å². The highest BCUT2D eigenvalue weighted by molar-refractivity contribution is 7.39. The number of phenols is 1. The summed E-state index contributed by atoms with van der Waals surface area (Å²) in [6.07, 6.45) is 9.54. The number of aliphatic hydroxyl groups is 3. The van der Waals surface area contributed by atoms with E-state index in [2.05, 4.69) is 4.90 Å². The molecule has 10 heterocycles. The molecule has 4 fully saturated rings. The molecule has 9 aromatic carbocycles. The number of phenolic OH excluding ortho intramolecular Hbond substituents is 1. The molecule has 10 aliphatic rings. The molecule has 0 saturated carbocycles. The number of fused-ring (bicyclic) bond motifs is 15. The zero-order valence-electron chi connectivity index (χ0n) is 85.9. The van der Waals surface area contributed by atoms with Gasteiger partial charge in [0.05, 0.1) is 110 Å². The van der Waals surface area contributed by atoms with E-state index in [1.54, 1.807) is 92.0 Å². The molecule has 0 radical (unpaired) electrons. The summed E-state index contributed by atoms with van der Waals surface area (Å²) in [6, 6.07) is 38.1. The van der Waals surface area contributed by atoms with Crippen LogP contribution in [-0.2, 0) is 14.4 Å². The van der Waals surface area contributed by atoms with Gasteiger partial charge < -0.3 is 127 Å². The Kier molecular flexibility index (Phi) is 35.7. The van der Waals surface area contributed by atoms with E-state index in [9.17, 15) is 63.8 Å². The Morgan fingerprint density at radius 1 is 0.392 bits per heavy atom. The minimum Gasteiger partial charge on any atom is -0.507 e. The van der Waals surface area contributed by atoms with Crippen LogP contribution in [0.1, 0.15) is 223 Å². The summed E-state index contributed by atoms with van der Waals surface area (Å²) < 4.78 is 46.9. The van der Waals surface area contributed by atoms with E-state index in [1.165, 1.54) is 0 Å². The molecular formula is C111H139Cl3N11O22P. The molecule has 19 rings (SSSR count). The number of likely N-dealkylation sites (N-methyl/N-ethyl adjacent to an activating group) is 1. The lowest BCUT2D eigenvalue weighted by molar-refractivity contribution is -0.119. The lowest BCUT2D eigenvalue weighted by atomic mass is 9.95. The number of piperazine rings is 1. The summed E-state index contributed by atoms with van der Waals surface area (Å²) in [5.41, 5.74) is 8.64. The van der Waals surface area contributed by atoms with Gasteiger partial charge in [0.1, 0.15) is 35.9 Å². The maximum Gasteiger partial charge on any atom is 0.415 e. The molecule has 10 aliphatic heterocycles. The van der Waals surface area contributed by atoms with Crippen molar-refractivity contribution < 1.29 is 107 Å². The normalized spacial score (nSPS) is 20.7. The van der Waals surface area contributed by atoms with Crippen LogP contribution in [0.3, 0.4) is 0 Å². The third kappa shape index (κ3) is 22.3. The molecule has 9 aromatic rings. The van der Waals surface area contributed by atoms with E-state index in [1.807, 2.05) is 154 Å². The van der Waals surface area contributed by atoms with Gasteiger partial charge in [-0.25, -0.2) is 4.79 Å². The number of nitrogens with zero attached hydrogens (tertiary/aromatic N) is 11. The van der Waals surface area contributed by atoms with E-state index in [0.717, 1.165) is 138 Å². The van der Waals surface area contributed by atoms with Crippen LogP contribution in [0.2, 0.25) is 0 Å². The van der Waals surface area contributed by atoms with Crippen LogP contribution in [0, 0.1) is 0 Å². The number of benzene rings is 9. The second-order valence-corrected chi connectivity index (χ2v) is 42.2. The zero-order chi connectivity index (χ0) is 104. The molecule has 0 aliphatic carbocycles. The molecule has 796 valence electrons. The summed E-state index contributed by atoms with van der Waals surface area (Å²) in [5.74, 6) is 4.58. The number of alkyl halides is 3. The van der Waals surface area contributed by atoms with Crippen molar-refractivity contribution in [3.05, 3.63) is 161 Å². The van der Waals surface area contributed by atoms with Gasteiger partial charge in [-0.3, -0.25) is 28.8 Å². The second kappa shape index (κ2) is 48.3. The Morgan fingerprint density at radius 3 is 1.03 bits per heavy atom. The Balaban J connectivity index is 0.000000159. The number of hydrogen-bond donors (Lipinski definition) is 6. The maximum atomic E-state index is 13.8. The molecule has 8 N–H and O–H groups in total. The molecule has 148 heavy (non-hydrogen) atoms. The van der Waals surface area contributed by atoms with Gasteiger partial charge in [-0.15, -0.1) is 34.8 Å². The molecule has 0 spiro atoms. The number of unbranched alkanes of at least 4 members (excludes halogenated alkanes) is 6. The molecule has 0 aromatic heterocycles. The number of carbonyl (C=O) groups is 7. The Bertz CT molecular complexity index is 6340. The first-order valence-corrected chi connectivity index (χ1v) is 54.6. The quantitative estimate of drug-likeness (QED) is 0.0126. The van der Waals surface area contributed by atoms with E-state index < -0.39 is 27.3 Å². The van der Waals surface area contributed by atoms with Crippen LogP contribution < -0.4 is 67.1 Å². The Morgan fingerprint density at radius 2 is 0.703 bits per heavy atom. The van der Waals surface area contributed by atoms with Crippen LogP contribution in [-0.4, -0.2) is 288 Å². The summed E-state index contributed by atoms with van der Waals surface area (Å²) in [6.45, 7) is 19.3. The van der Waals surface area contributed by atoms with Gasteiger partial charge in [-0.2, -0.15) is 0 Å². The van der Waals surface area contributed by atoms with E-state index in [0.29, 0.717) is 227 Å². The molecule has 7 amide bonds.